The number of hydrogen-bond acceptors (Lipinski definition) is 3. The molecule has 110 valence electrons. The summed E-state index contributed by atoms with van der Waals surface area (Å²) in [6.45, 7) is 3.97. The molecule has 4 nitrogen and oxygen atoms in total. The first-order valence-electron chi connectivity index (χ1n) is 6.40. The van der Waals surface area contributed by atoms with Gasteiger partial charge in [0, 0.05) is 27.0 Å². The van der Waals surface area contributed by atoms with Gasteiger partial charge in [-0.15, -0.1) is 0 Å². The zero-order valence-electron chi connectivity index (χ0n) is 11.7. The van der Waals surface area contributed by atoms with E-state index < -0.39 is 0 Å². The van der Waals surface area contributed by atoms with Crippen LogP contribution in [0.25, 0.3) is 0 Å². The second-order valence-electron chi connectivity index (χ2n) is 4.97. The second kappa shape index (κ2) is 6.33. The fraction of sp³-hybridized carbons (Fsp3) is 0.200. The number of benzene rings is 1. The molecule has 0 saturated carbocycles. The summed E-state index contributed by atoms with van der Waals surface area (Å²) in [5.74, 6) is 0.209. The number of anilines is 2. The Morgan fingerprint density at radius 2 is 1.76 bits per heavy atom. The van der Waals surface area contributed by atoms with Gasteiger partial charge >= 0.3 is 0 Å². The monoisotopic (exact) mass is 323 g/mol. The van der Waals surface area contributed by atoms with Gasteiger partial charge in [0.05, 0.1) is 0 Å². The van der Waals surface area contributed by atoms with E-state index in [4.69, 9.17) is 28.9 Å². The lowest BCUT2D eigenvalue weighted by Crippen LogP contribution is -2.13. The van der Waals surface area contributed by atoms with E-state index in [-0.39, 0.29) is 11.8 Å². The Hall–Kier alpha value is -1.78. The Kier molecular flexibility index (Phi) is 4.70. The standard InChI is InChI=1S/C15H15Cl2N3O/c1-8(2)13-3-9(4-14(18)20-13)15(21)19-12-6-10(16)5-11(17)7-12/h3-8H,1-2H3,(H2,18,20)(H,19,21). The first kappa shape index (κ1) is 15.6. The zero-order chi connectivity index (χ0) is 15.6. The average molecular weight is 324 g/mol. The van der Waals surface area contributed by atoms with E-state index in [0.717, 1.165) is 5.69 Å². The summed E-state index contributed by atoms with van der Waals surface area (Å²) in [4.78, 5) is 16.5. The number of pyridine rings is 1. The molecule has 1 aromatic carbocycles. The number of nitrogens with zero attached hydrogens (tertiary/aromatic N) is 1. The first-order valence-corrected chi connectivity index (χ1v) is 7.15. The molecule has 0 aliphatic carbocycles. The molecule has 1 aromatic heterocycles. The van der Waals surface area contributed by atoms with Crippen LogP contribution in [0, 0.1) is 0 Å². The van der Waals surface area contributed by atoms with Gasteiger partial charge in [-0.1, -0.05) is 37.0 Å². The largest absolute Gasteiger partial charge is 0.384 e. The minimum Gasteiger partial charge on any atom is -0.384 e. The molecular formula is C15H15Cl2N3O. The Labute approximate surface area is 133 Å². The van der Waals surface area contributed by atoms with Crippen LogP contribution < -0.4 is 11.1 Å². The summed E-state index contributed by atoms with van der Waals surface area (Å²) in [7, 11) is 0. The topological polar surface area (TPSA) is 68.0 Å². The van der Waals surface area contributed by atoms with Crippen molar-refractivity contribution in [2.75, 3.05) is 11.1 Å². The van der Waals surface area contributed by atoms with Crippen molar-refractivity contribution < 1.29 is 4.79 Å². The average Bonchev–Trinajstić information content (AvgIpc) is 2.36. The highest BCUT2D eigenvalue weighted by Gasteiger charge is 2.12. The van der Waals surface area contributed by atoms with E-state index in [1.54, 1.807) is 24.3 Å². The molecule has 1 amide bonds. The molecule has 0 bridgehead atoms. The first-order chi connectivity index (χ1) is 9.85. The number of nitrogens with two attached hydrogens (primary N) is 1. The highest BCUT2D eigenvalue weighted by molar-refractivity contribution is 6.35. The molecule has 1 heterocycles. The van der Waals surface area contributed by atoms with Gasteiger partial charge < -0.3 is 11.1 Å². The van der Waals surface area contributed by atoms with Gasteiger partial charge in [0.2, 0.25) is 0 Å². The van der Waals surface area contributed by atoms with Crippen LogP contribution in [-0.2, 0) is 0 Å². The van der Waals surface area contributed by atoms with Gasteiger partial charge in [-0.05, 0) is 36.2 Å². The van der Waals surface area contributed by atoms with Crippen molar-refractivity contribution in [1.82, 2.24) is 4.98 Å². The number of amides is 1. The van der Waals surface area contributed by atoms with Crippen molar-refractivity contribution in [1.29, 1.82) is 0 Å². The lowest BCUT2D eigenvalue weighted by molar-refractivity contribution is 0.102. The molecule has 0 atom stereocenters. The van der Waals surface area contributed by atoms with Gasteiger partial charge in [0.25, 0.3) is 5.91 Å². The maximum absolute atomic E-state index is 12.3. The molecule has 0 spiro atoms. The number of halogens is 2. The van der Waals surface area contributed by atoms with Crippen LogP contribution in [0.5, 0.6) is 0 Å². The summed E-state index contributed by atoms with van der Waals surface area (Å²) < 4.78 is 0. The van der Waals surface area contributed by atoms with E-state index in [2.05, 4.69) is 10.3 Å². The molecule has 2 aromatic rings. The van der Waals surface area contributed by atoms with Crippen LogP contribution in [0.4, 0.5) is 11.5 Å². The highest BCUT2D eigenvalue weighted by atomic mass is 35.5. The third-order valence-corrected chi connectivity index (χ3v) is 3.28. The second-order valence-corrected chi connectivity index (χ2v) is 5.85. The van der Waals surface area contributed by atoms with Crippen LogP contribution in [0.2, 0.25) is 10.0 Å². The fourth-order valence-corrected chi connectivity index (χ4v) is 2.36. The van der Waals surface area contributed by atoms with E-state index in [1.165, 1.54) is 6.07 Å². The molecule has 0 aliphatic heterocycles. The van der Waals surface area contributed by atoms with Gasteiger partial charge in [-0.2, -0.15) is 0 Å². The quantitative estimate of drug-likeness (QED) is 0.882. The smallest absolute Gasteiger partial charge is 0.255 e. The third kappa shape index (κ3) is 4.09. The van der Waals surface area contributed by atoms with Gasteiger partial charge in [0.1, 0.15) is 5.82 Å². The summed E-state index contributed by atoms with van der Waals surface area (Å²) in [5, 5.41) is 3.65. The van der Waals surface area contributed by atoms with Crippen molar-refractivity contribution in [2.45, 2.75) is 19.8 Å². The lowest BCUT2D eigenvalue weighted by atomic mass is 10.1. The number of nitrogen functional groups attached to an aromatic ring is 1. The normalized spacial score (nSPS) is 10.7. The predicted octanol–water partition coefficient (Wildman–Crippen LogP) is 4.35. The van der Waals surface area contributed by atoms with Crippen LogP contribution in [0.3, 0.4) is 0 Å². The molecule has 2 rings (SSSR count). The van der Waals surface area contributed by atoms with Crippen molar-refractivity contribution in [3.8, 4) is 0 Å². The summed E-state index contributed by atoms with van der Waals surface area (Å²) in [5.41, 5.74) is 7.48. The number of hydrogen-bond donors (Lipinski definition) is 2. The molecule has 21 heavy (non-hydrogen) atoms. The molecule has 0 fully saturated rings. The van der Waals surface area contributed by atoms with Crippen molar-refractivity contribution >= 4 is 40.6 Å². The van der Waals surface area contributed by atoms with E-state index in [1.807, 2.05) is 13.8 Å². The van der Waals surface area contributed by atoms with Crippen molar-refractivity contribution in [3.05, 3.63) is 51.6 Å². The molecular weight excluding hydrogens is 309 g/mol. The van der Waals surface area contributed by atoms with Crippen LogP contribution in [-0.4, -0.2) is 10.9 Å². The van der Waals surface area contributed by atoms with E-state index in [0.29, 0.717) is 27.1 Å². The predicted molar refractivity (Wildman–Crippen MR) is 87.2 cm³/mol. The molecule has 0 aliphatic rings. The third-order valence-electron chi connectivity index (χ3n) is 2.84. The minimum absolute atomic E-state index is 0.181. The number of carbonyl (C=O) groups excluding carboxylic acids is 1. The van der Waals surface area contributed by atoms with Crippen molar-refractivity contribution in [2.24, 2.45) is 0 Å². The fourth-order valence-electron chi connectivity index (χ4n) is 1.83. The number of carbonyl (C=O) groups is 1. The summed E-state index contributed by atoms with van der Waals surface area (Å²) in [6, 6.07) is 8.11. The van der Waals surface area contributed by atoms with Gasteiger partial charge in [0.15, 0.2) is 0 Å². The van der Waals surface area contributed by atoms with Crippen LogP contribution in [0.15, 0.2) is 30.3 Å². The molecule has 0 unspecified atom stereocenters. The molecule has 3 N–H and O–H groups in total. The molecule has 6 heteroatoms. The van der Waals surface area contributed by atoms with Crippen LogP contribution in [0.1, 0.15) is 35.8 Å². The number of rotatable bonds is 3. The lowest BCUT2D eigenvalue weighted by Gasteiger charge is -2.10. The molecule has 0 saturated heterocycles. The van der Waals surface area contributed by atoms with Gasteiger partial charge in [-0.3, -0.25) is 4.79 Å². The van der Waals surface area contributed by atoms with Gasteiger partial charge in [-0.25, -0.2) is 4.98 Å². The van der Waals surface area contributed by atoms with E-state index >= 15 is 0 Å². The summed E-state index contributed by atoms with van der Waals surface area (Å²) >= 11 is 11.8. The maximum atomic E-state index is 12.3. The number of nitrogens with one attached hydrogen (secondary N) is 1. The Morgan fingerprint density at radius 3 is 2.33 bits per heavy atom. The van der Waals surface area contributed by atoms with Crippen LogP contribution >= 0.6 is 23.2 Å². The Balaban J connectivity index is 2.28. The van der Waals surface area contributed by atoms with Crippen molar-refractivity contribution in [3.63, 3.8) is 0 Å². The Bertz CT molecular complexity index is 666. The Morgan fingerprint density at radius 1 is 1.14 bits per heavy atom. The minimum atomic E-state index is -0.288. The molecule has 0 radical (unpaired) electrons. The maximum Gasteiger partial charge on any atom is 0.255 e. The summed E-state index contributed by atoms with van der Waals surface area (Å²) in [6.07, 6.45) is 0. The zero-order valence-corrected chi connectivity index (χ0v) is 13.2. The SMILES string of the molecule is CC(C)c1cc(C(=O)Nc2cc(Cl)cc(Cl)c2)cc(N)n1. The van der Waals surface area contributed by atoms with E-state index in [9.17, 15) is 4.79 Å². The number of aromatic nitrogens is 1. The highest BCUT2D eigenvalue weighted by Crippen LogP contribution is 2.23.